The minimum Gasteiger partial charge on any atom is -0.394 e. The van der Waals surface area contributed by atoms with Crippen molar-refractivity contribution in [2.45, 2.75) is 26.1 Å². The summed E-state index contributed by atoms with van der Waals surface area (Å²) in [6.07, 6.45) is 8.26. The smallest absolute Gasteiger partial charge is 0.260 e. The monoisotopic (exact) mass is 524 g/mol. The first kappa shape index (κ1) is 25.0. The summed E-state index contributed by atoms with van der Waals surface area (Å²) in [4.78, 5) is 33.8. The van der Waals surface area contributed by atoms with Gasteiger partial charge in [-0.1, -0.05) is 0 Å². The third-order valence-corrected chi connectivity index (χ3v) is 7.18. The van der Waals surface area contributed by atoms with Crippen molar-refractivity contribution in [2.24, 2.45) is 7.05 Å². The maximum Gasteiger partial charge on any atom is 0.260 e. The van der Waals surface area contributed by atoms with Crippen LogP contribution >= 0.6 is 11.3 Å². The Morgan fingerprint density at radius 2 is 2.03 bits per heavy atom. The van der Waals surface area contributed by atoms with Crippen molar-refractivity contribution in [2.75, 3.05) is 36.9 Å². The molecule has 1 saturated heterocycles. The van der Waals surface area contributed by atoms with E-state index < -0.39 is 0 Å². The van der Waals surface area contributed by atoms with Crippen LogP contribution in [0.1, 0.15) is 23.0 Å². The van der Waals surface area contributed by atoms with Crippen molar-refractivity contribution in [1.29, 1.82) is 0 Å². The molecule has 0 unspecified atom stereocenters. The van der Waals surface area contributed by atoms with Crippen LogP contribution in [0.3, 0.4) is 0 Å². The fourth-order valence-electron chi connectivity index (χ4n) is 4.32. The number of aryl methyl sites for hydroxylation is 2. The standard InChI is InChI=1S/C24H28N8O4S/c1-14-8-31(10-18(13-33)36-14)12-22(34)28-17-4-20(15(2)25-6-17)29-23(35)19-7-27-32-11-21(37-24(19)32)16-5-26-30(3)9-16/h4-7,9,11,14,18,33H,8,10,12-13H2,1-3H3,(H,28,34)(H,29,35)/t14-,18-/m1/s1. The van der Waals surface area contributed by atoms with Crippen LogP contribution in [-0.2, 0) is 16.6 Å². The summed E-state index contributed by atoms with van der Waals surface area (Å²) in [6.45, 7) is 4.84. The molecule has 0 aromatic carbocycles. The minimum atomic E-state index is -0.319. The van der Waals surface area contributed by atoms with Gasteiger partial charge in [-0.25, -0.2) is 4.52 Å². The average molecular weight is 525 g/mol. The van der Waals surface area contributed by atoms with Gasteiger partial charge in [0.2, 0.25) is 5.91 Å². The molecule has 0 saturated carbocycles. The van der Waals surface area contributed by atoms with Gasteiger partial charge in [0.05, 0.1) is 71.5 Å². The number of nitrogens with zero attached hydrogens (tertiary/aromatic N) is 6. The van der Waals surface area contributed by atoms with E-state index >= 15 is 0 Å². The van der Waals surface area contributed by atoms with Crippen molar-refractivity contribution < 1.29 is 19.4 Å². The van der Waals surface area contributed by atoms with Gasteiger partial charge in [0.25, 0.3) is 5.91 Å². The molecule has 1 aliphatic heterocycles. The molecule has 194 valence electrons. The summed E-state index contributed by atoms with van der Waals surface area (Å²) in [6, 6.07) is 1.69. The molecule has 3 N–H and O–H groups in total. The van der Waals surface area contributed by atoms with Gasteiger partial charge >= 0.3 is 0 Å². The first-order chi connectivity index (χ1) is 17.8. The van der Waals surface area contributed by atoms with E-state index in [0.29, 0.717) is 40.6 Å². The number of morpholine rings is 1. The van der Waals surface area contributed by atoms with Gasteiger partial charge in [0.15, 0.2) is 0 Å². The molecule has 0 spiro atoms. The van der Waals surface area contributed by atoms with Gasteiger partial charge in [-0.05, 0) is 19.9 Å². The van der Waals surface area contributed by atoms with Gasteiger partial charge < -0.3 is 20.5 Å². The molecule has 1 fully saturated rings. The molecule has 0 aliphatic carbocycles. The number of aliphatic hydroxyl groups excluding tert-OH is 1. The Morgan fingerprint density at radius 3 is 2.78 bits per heavy atom. The number of carbonyl (C=O) groups excluding carboxylic acids is 2. The molecule has 37 heavy (non-hydrogen) atoms. The molecule has 0 bridgehead atoms. The van der Waals surface area contributed by atoms with Crippen molar-refractivity contribution in [1.82, 2.24) is 29.3 Å². The van der Waals surface area contributed by atoms with E-state index in [1.807, 2.05) is 31.3 Å². The molecule has 4 aromatic rings. The lowest BCUT2D eigenvalue weighted by Crippen LogP contribution is -2.50. The lowest BCUT2D eigenvalue weighted by Gasteiger charge is -2.35. The fourth-order valence-corrected chi connectivity index (χ4v) is 5.35. The quantitative estimate of drug-likeness (QED) is 0.333. The van der Waals surface area contributed by atoms with E-state index in [1.165, 1.54) is 17.5 Å². The van der Waals surface area contributed by atoms with Crippen molar-refractivity contribution in [3.8, 4) is 10.4 Å². The van der Waals surface area contributed by atoms with Gasteiger partial charge in [-0.2, -0.15) is 10.2 Å². The Labute approximate surface area is 216 Å². The number of hydrogen-bond donors (Lipinski definition) is 3. The summed E-state index contributed by atoms with van der Waals surface area (Å²) >= 11 is 1.45. The second kappa shape index (κ2) is 10.4. The van der Waals surface area contributed by atoms with Gasteiger partial charge in [-0.15, -0.1) is 11.3 Å². The number of thiazole rings is 1. The zero-order valence-corrected chi connectivity index (χ0v) is 21.5. The normalized spacial score (nSPS) is 18.3. The number of ether oxygens (including phenoxy) is 1. The van der Waals surface area contributed by atoms with Crippen LogP contribution < -0.4 is 10.6 Å². The van der Waals surface area contributed by atoms with Crippen molar-refractivity contribution in [3.05, 3.63) is 48.3 Å². The maximum atomic E-state index is 13.1. The van der Waals surface area contributed by atoms with Gasteiger partial charge in [0.1, 0.15) is 4.83 Å². The highest BCUT2D eigenvalue weighted by Gasteiger charge is 2.26. The molecule has 0 radical (unpaired) electrons. The zero-order valence-electron chi connectivity index (χ0n) is 20.7. The molecule has 5 rings (SSSR count). The lowest BCUT2D eigenvalue weighted by atomic mass is 10.2. The number of hydrogen-bond acceptors (Lipinski definition) is 9. The van der Waals surface area contributed by atoms with Crippen LogP contribution in [0.25, 0.3) is 15.3 Å². The third kappa shape index (κ3) is 5.54. The molecule has 2 amide bonds. The number of pyridine rings is 1. The average Bonchev–Trinajstić information content (AvgIpc) is 3.56. The Kier molecular flexibility index (Phi) is 7.02. The highest BCUT2D eigenvalue weighted by molar-refractivity contribution is 7.21. The van der Waals surface area contributed by atoms with E-state index in [0.717, 1.165) is 10.4 Å². The Balaban J connectivity index is 1.27. The van der Waals surface area contributed by atoms with E-state index in [1.54, 1.807) is 34.6 Å². The molecule has 5 heterocycles. The number of carbonyl (C=O) groups is 2. The summed E-state index contributed by atoms with van der Waals surface area (Å²) in [5.41, 5.74) is 2.97. The van der Waals surface area contributed by atoms with Crippen LogP contribution in [-0.4, -0.2) is 84.6 Å². The van der Waals surface area contributed by atoms with Crippen molar-refractivity contribution >= 4 is 39.4 Å². The van der Waals surface area contributed by atoms with E-state index in [-0.39, 0.29) is 37.2 Å². The summed E-state index contributed by atoms with van der Waals surface area (Å²) < 4.78 is 9.03. The molecular formula is C24H28N8O4S. The second-order valence-electron chi connectivity index (χ2n) is 9.11. The summed E-state index contributed by atoms with van der Waals surface area (Å²) in [5, 5.41) is 23.7. The molecule has 1 aliphatic rings. The second-order valence-corrected chi connectivity index (χ2v) is 10.1. The minimum absolute atomic E-state index is 0.0688. The van der Waals surface area contributed by atoms with E-state index in [4.69, 9.17) is 4.74 Å². The van der Waals surface area contributed by atoms with Crippen LogP contribution in [0.4, 0.5) is 11.4 Å². The summed E-state index contributed by atoms with van der Waals surface area (Å²) in [5.74, 6) is -0.533. The first-order valence-electron chi connectivity index (χ1n) is 11.8. The fraction of sp³-hybridized carbons (Fsp3) is 0.375. The lowest BCUT2D eigenvalue weighted by molar-refractivity contribution is -0.124. The Morgan fingerprint density at radius 1 is 1.19 bits per heavy atom. The van der Waals surface area contributed by atoms with E-state index in [2.05, 4.69) is 25.8 Å². The van der Waals surface area contributed by atoms with Crippen LogP contribution in [0.15, 0.2) is 37.1 Å². The largest absolute Gasteiger partial charge is 0.394 e. The third-order valence-electron chi connectivity index (χ3n) is 6.02. The SMILES string of the molecule is Cc1ncc(NC(=O)CN2C[C@H](CO)O[C@H](C)C2)cc1NC(=O)c1cnn2cc(-c3cnn(C)c3)sc12. The first-order valence-corrected chi connectivity index (χ1v) is 12.6. The molecule has 12 nitrogen and oxygen atoms in total. The van der Waals surface area contributed by atoms with Crippen LogP contribution in [0.2, 0.25) is 0 Å². The topological polar surface area (TPSA) is 139 Å². The van der Waals surface area contributed by atoms with Gasteiger partial charge in [0, 0.05) is 38.1 Å². The number of aromatic nitrogens is 5. The molecule has 4 aromatic heterocycles. The number of rotatable bonds is 7. The Hall–Kier alpha value is -3.65. The predicted octanol–water partition coefficient (Wildman–Crippen LogP) is 1.77. The Bertz CT molecular complexity index is 1440. The molecular weight excluding hydrogens is 496 g/mol. The number of nitrogens with one attached hydrogen (secondary N) is 2. The zero-order chi connectivity index (χ0) is 26.1. The van der Waals surface area contributed by atoms with Crippen LogP contribution in [0.5, 0.6) is 0 Å². The molecule has 13 heteroatoms. The van der Waals surface area contributed by atoms with Gasteiger partial charge in [-0.3, -0.25) is 24.2 Å². The number of fused-ring (bicyclic) bond motifs is 1. The number of amides is 2. The van der Waals surface area contributed by atoms with Crippen LogP contribution in [0, 0.1) is 6.92 Å². The highest BCUT2D eigenvalue weighted by Crippen LogP contribution is 2.30. The molecule has 2 atom stereocenters. The highest BCUT2D eigenvalue weighted by atomic mass is 32.1. The maximum absolute atomic E-state index is 13.1. The van der Waals surface area contributed by atoms with Crippen molar-refractivity contribution in [3.63, 3.8) is 0 Å². The number of aliphatic hydroxyl groups is 1. The summed E-state index contributed by atoms with van der Waals surface area (Å²) in [7, 11) is 1.85. The number of anilines is 2. The van der Waals surface area contributed by atoms with E-state index in [9.17, 15) is 14.7 Å². The predicted molar refractivity (Wildman–Crippen MR) is 139 cm³/mol.